The Morgan fingerprint density at radius 3 is 2.35 bits per heavy atom. The molecular formula is C25H29N5O7. The van der Waals surface area contributed by atoms with E-state index in [0.717, 1.165) is 5.56 Å². The number of amides is 2. The number of aromatic nitrogens is 3. The minimum Gasteiger partial charge on any atom is -0.493 e. The van der Waals surface area contributed by atoms with Crippen LogP contribution in [0, 0.1) is 0 Å². The fourth-order valence-electron chi connectivity index (χ4n) is 3.62. The number of rotatable bonds is 13. The van der Waals surface area contributed by atoms with Gasteiger partial charge in [0.25, 0.3) is 11.8 Å². The van der Waals surface area contributed by atoms with E-state index in [9.17, 15) is 19.5 Å². The van der Waals surface area contributed by atoms with Crippen molar-refractivity contribution < 1.29 is 33.7 Å². The predicted octanol–water partition coefficient (Wildman–Crippen LogP) is 1.55. The van der Waals surface area contributed by atoms with Gasteiger partial charge in [0.05, 0.1) is 39.6 Å². The summed E-state index contributed by atoms with van der Waals surface area (Å²) in [5.41, 5.74) is 1.20. The number of carbonyl (C=O) groups is 3. The Morgan fingerprint density at radius 1 is 0.973 bits per heavy atom. The molecule has 0 fully saturated rings. The topological polar surface area (TPSA) is 154 Å². The quantitative estimate of drug-likeness (QED) is 0.310. The van der Waals surface area contributed by atoms with Crippen LogP contribution in [0.5, 0.6) is 17.2 Å². The molecule has 0 saturated heterocycles. The summed E-state index contributed by atoms with van der Waals surface area (Å²) in [6.07, 6.45) is 2.11. The molecule has 3 N–H and O–H groups in total. The van der Waals surface area contributed by atoms with Gasteiger partial charge in [0, 0.05) is 6.54 Å². The zero-order valence-electron chi connectivity index (χ0n) is 20.8. The molecule has 0 radical (unpaired) electrons. The molecule has 1 aromatic heterocycles. The van der Waals surface area contributed by atoms with Crippen molar-refractivity contribution in [1.82, 2.24) is 25.6 Å². The molecule has 1 heterocycles. The fourth-order valence-corrected chi connectivity index (χ4v) is 3.62. The molecular weight excluding hydrogens is 482 g/mol. The number of benzene rings is 2. The zero-order chi connectivity index (χ0) is 26.8. The van der Waals surface area contributed by atoms with Gasteiger partial charge < -0.3 is 30.0 Å². The predicted molar refractivity (Wildman–Crippen MR) is 132 cm³/mol. The summed E-state index contributed by atoms with van der Waals surface area (Å²) in [7, 11) is 4.35. The summed E-state index contributed by atoms with van der Waals surface area (Å²) in [5, 5.41) is 22.4. The second-order valence-corrected chi connectivity index (χ2v) is 7.89. The summed E-state index contributed by atoms with van der Waals surface area (Å²) in [5.74, 6) is -1.23. The summed E-state index contributed by atoms with van der Waals surface area (Å²) < 4.78 is 17.2. The first-order valence-electron chi connectivity index (χ1n) is 11.4. The number of hydrogen-bond donors (Lipinski definition) is 3. The molecule has 1 atom stereocenters. The molecule has 0 aliphatic carbocycles. The molecule has 12 heteroatoms. The van der Waals surface area contributed by atoms with Gasteiger partial charge in [-0.1, -0.05) is 35.5 Å². The van der Waals surface area contributed by atoms with Crippen molar-refractivity contribution in [2.24, 2.45) is 0 Å². The summed E-state index contributed by atoms with van der Waals surface area (Å²) in [6, 6.07) is 11.5. The maximum absolute atomic E-state index is 12.7. The van der Waals surface area contributed by atoms with E-state index in [1.54, 1.807) is 12.1 Å². The van der Waals surface area contributed by atoms with Crippen molar-refractivity contribution in [3.8, 4) is 17.2 Å². The van der Waals surface area contributed by atoms with Crippen LogP contribution >= 0.6 is 0 Å². The Labute approximate surface area is 213 Å². The molecule has 3 rings (SSSR count). The van der Waals surface area contributed by atoms with E-state index in [1.807, 2.05) is 30.3 Å². The second kappa shape index (κ2) is 12.9. The van der Waals surface area contributed by atoms with Crippen LogP contribution in [0.2, 0.25) is 0 Å². The molecule has 37 heavy (non-hydrogen) atoms. The SMILES string of the molecule is COc1ccc(C(=O)NCCn2cc(C(=O)N[C@@H](CCc3ccccc3)C(=O)O)nn2)c(OC)c1OC. The fraction of sp³-hybridized carbons (Fsp3) is 0.320. The first-order valence-corrected chi connectivity index (χ1v) is 11.4. The highest BCUT2D eigenvalue weighted by atomic mass is 16.5. The van der Waals surface area contributed by atoms with Crippen LogP contribution in [-0.2, 0) is 17.8 Å². The van der Waals surface area contributed by atoms with Crippen LogP contribution in [0.15, 0.2) is 48.7 Å². The molecule has 3 aromatic rings. The van der Waals surface area contributed by atoms with Crippen molar-refractivity contribution in [1.29, 1.82) is 0 Å². The third-order valence-corrected chi connectivity index (χ3v) is 5.51. The van der Waals surface area contributed by atoms with E-state index < -0.39 is 23.8 Å². The van der Waals surface area contributed by atoms with E-state index in [0.29, 0.717) is 17.9 Å². The largest absolute Gasteiger partial charge is 0.493 e. The number of carboxylic acid groups (broad SMARTS) is 1. The Morgan fingerprint density at radius 2 is 1.70 bits per heavy atom. The number of carboxylic acids is 1. The van der Waals surface area contributed by atoms with E-state index in [2.05, 4.69) is 20.9 Å². The number of nitrogens with zero attached hydrogens (tertiary/aromatic N) is 3. The minimum absolute atomic E-state index is 0.0288. The first-order chi connectivity index (χ1) is 17.9. The number of aliphatic carboxylic acids is 1. The van der Waals surface area contributed by atoms with Crippen molar-refractivity contribution in [3.05, 3.63) is 65.5 Å². The van der Waals surface area contributed by atoms with Gasteiger partial charge in [0.1, 0.15) is 6.04 Å². The number of methoxy groups -OCH3 is 3. The van der Waals surface area contributed by atoms with Gasteiger partial charge in [-0.3, -0.25) is 9.59 Å². The van der Waals surface area contributed by atoms with Crippen molar-refractivity contribution >= 4 is 17.8 Å². The van der Waals surface area contributed by atoms with E-state index in [4.69, 9.17) is 14.2 Å². The molecule has 0 aliphatic heterocycles. The number of ether oxygens (including phenoxy) is 3. The number of hydrogen-bond acceptors (Lipinski definition) is 8. The lowest BCUT2D eigenvalue weighted by Gasteiger charge is -2.15. The molecule has 2 amide bonds. The van der Waals surface area contributed by atoms with Gasteiger partial charge in [0.15, 0.2) is 17.2 Å². The average Bonchev–Trinajstić information content (AvgIpc) is 3.39. The van der Waals surface area contributed by atoms with Crippen LogP contribution in [0.1, 0.15) is 32.8 Å². The van der Waals surface area contributed by atoms with Gasteiger partial charge in [-0.2, -0.15) is 0 Å². The summed E-state index contributed by atoms with van der Waals surface area (Å²) in [6.45, 7) is 0.396. The van der Waals surface area contributed by atoms with Gasteiger partial charge in [-0.25, -0.2) is 9.48 Å². The van der Waals surface area contributed by atoms with E-state index in [1.165, 1.54) is 32.2 Å². The van der Waals surface area contributed by atoms with Gasteiger partial charge in [-0.15, -0.1) is 5.10 Å². The lowest BCUT2D eigenvalue weighted by molar-refractivity contribution is -0.139. The van der Waals surface area contributed by atoms with Crippen LogP contribution < -0.4 is 24.8 Å². The number of nitrogens with one attached hydrogen (secondary N) is 2. The second-order valence-electron chi connectivity index (χ2n) is 7.89. The molecule has 0 spiro atoms. The standard InChI is InChI=1S/C25H29N5O7/c1-35-20-12-10-17(21(36-2)22(20)37-3)23(31)26-13-14-30-15-19(28-29-30)24(32)27-18(25(33)34)11-9-16-7-5-4-6-8-16/h4-8,10,12,15,18H,9,11,13-14H2,1-3H3,(H,26,31)(H,27,32)(H,33,34)/t18-/m0/s1. The highest BCUT2D eigenvalue weighted by Gasteiger charge is 2.23. The molecule has 196 valence electrons. The smallest absolute Gasteiger partial charge is 0.326 e. The summed E-state index contributed by atoms with van der Waals surface area (Å²) in [4.78, 5) is 36.8. The van der Waals surface area contributed by atoms with E-state index in [-0.39, 0.29) is 36.5 Å². The highest BCUT2D eigenvalue weighted by Crippen LogP contribution is 2.39. The van der Waals surface area contributed by atoms with Crippen molar-refractivity contribution in [2.75, 3.05) is 27.9 Å². The Kier molecular flexibility index (Phi) is 9.41. The lowest BCUT2D eigenvalue weighted by Crippen LogP contribution is -2.41. The third kappa shape index (κ3) is 6.97. The molecule has 0 saturated carbocycles. The van der Waals surface area contributed by atoms with Crippen molar-refractivity contribution in [3.63, 3.8) is 0 Å². The van der Waals surface area contributed by atoms with Gasteiger partial charge in [-0.05, 0) is 30.5 Å². The minimum atomic E-state index is -1.13. The summed E-state index contributed by atoms with van der Waals surface area (Å²) >= 11 is 0. The lowest BCUT2D eigenvalue weighted by atomic mass is 10.1. The van der Waals surface area contributed by atoms with E-state index >= 15 is 0 Å². The molecule has 0 aliphatic rings. The first kappa shape index (κ1) is 27.0. The monoisotopic (exact) mass is 511 g/mol. The Balaban J connectivity index is 1.55. The highest BCUT2D eigenvalue weighted by molar-refractivity contribution is 5.98. The molecule has 0 unspecified atom stereocenters. The normalized spacial score (nSPS) is 11.3. The van der Waals surface area contributed by atoms with Gasteiger partial charge in [0.2, 0.25) is 5.75 Å². The van der Waals surface area contributed by atoms with Crippen LogP contribution in [-0.4, -0.2) is 71.8 Å². The molecule has 0 bridgehead atoms. The number of aryl methyl sites for hydroxylation is 1. The van der Waals surface area contributed by atoms with Gasteiger partial charge >= 0.3 is 5.97 Å². The maximum Gasteiger partial charge on any atom is 0.326 e. The maximum atomic E-state index is 12.7. The van der Waals surface area contributed by atoms with Crippen LogP contribution in [0.3, 0.4) is 0 Å². The zero-order valence-corrected chi connectivity index (χ0v) is 20.8. The Bertz CT molecular complexity index is 1230. The van der Waals surface area contributed by atoms with Crippen LogP contribution in [0.25, 0.3) is 0 Å². The Hall–Kier alpha value is -4.61. The third-order valence-electron chi connectivity index (χ3n) is 5.51. The average molecular weight is 512 g/mol. The molecule has 12 nitrogen and oxygen atoms in total. The number of carbonyl (C=O) groups excluding carboxylic acids is 2. The van der Waals surface area contributed by atoms with Crippen LogP contribution in [0.4, 0.5) is 0 Å². The molecule has 2 aromatic carbocycles. The van der Waals surface area contributed by atoms with Crippen molar-refractivity contribution in [2.45, 2.75) is 25.4 Å².